The minimum atomic E-state index is -0.240. The van der Waals surface area contributed by atoms with Crippen molar-refractivity contribution in [2.45, 2.75) is 20.4 Å². The monoisotopic (exact) mass is 546 g/mol. The fourth-order valence-corrected chi connectivity index (χ4v) is 4.18. The number of amides is 1. The van der Waals surface area contributed by atoms with Crippen LogP contribution in [0.15, 0.2) is 63.5 Å². The van der Waals surface area contributed by atoms with Gasteiger partial charge in [-0.1, -0.05) is 28.1 Å². The lowest BCUT2D eigenvalue weighted by Crippen LogP contribution is -2.20. The highest BCUT2D eigenvalue weighted by molar-refractivity contribution is 9.10. The van der Waals surface area contributed by atoms with Gasteiger partial charge in [0.15, 0.2) is 18.1 Å². The van der Waals surface area contributed by atoms with Crippen LogP contribution in [-0.2, 0) is 11.3 Å². The molecule has 7 heteroatoms. The second kappa shape index (κ2) is 10.7. The summed E-state index contributed by atoms with van der Waals surface area (Å²) in [6.07, 6.45) is 0. The van der Waals surface area contributed by atoms with Crippen LogP contribution in [0.1, 0.15) is 16.7 Å². The van der Waals surface area contributed by atoms with Gasteiger partial charge in [-0.05, 0) is 88.9 Å². The molecule has 0 spiro atoms. The third-order valence-electron chi connectivity index (χ3n) is 4.61. The van der Waals surface area contributed by atoms with Gasteiger partial charge in [-0.3, -0.25) is 4.79 Å². The Morgan fingerprint density at radius 1 is 1.03 bits per heavy atom. The van der Waals surface area contributed by atoms with Gasteiger partial charge in [-0.2, -0.15) is 0 Å². The Bertz CT molecular complexity index is 1090. The number of rotatable bonds is 8. The van der Waals surface area contributed by atoms with E-state index >= 15 is 0 Å². The highest BCUT2D eigenvalue weighted by Gasteiger charge is 2.14. The van der Waals surface area contributed by atoms with Crippen molar-refractivity contribution in [1.82, 2.24) is 0 Å². The number of methoxy groups -OCH3 is 1. The Hall–Kier alpha value is -2.51. The number of ether oxygens (including phenoxy) is 2. The molecular weight excluding hydrogens is 524 g/mol. The van der Waals surface area contributed by atoms with Gasteiger partial charge in [0.2, 0.25) is 0 Å². The predicted molar refractivity (Wildman–Crippen MR) is 132 cm³/mol. The first-order valence-electron chi connectivity index (χ1n) is 9.71. The topological polar surface area (TPSA) is 59.6 Å². The van der Waals surface area contributed by atoms with Gasteiger partial charge in [0.05, 0.1) is 11.6 Å². The Kier molecular flexibility index (Phi) is 7.98. The fourth-order valence-electron chi connectivity index (χ4n) is 3.10. The summed E-state index contributed by atoms with van der Waals surface area (Å²) in [7, 11) is 1.58. The normalized spacial score (nSPS) is 10.5. The third kappa shape index (κ3) is 6.48. The molecule has 0 radical (unpaired) electrons. The average Bonchev–Trinajstić information content (AvgIpc) is 2.72. The molecule has 0 aliphatic heterocycles. The van der Waals surface area contributed by atoms with Crippen LogP contribution in [0.25, 0.3) is 0 Å². The van der Waals surface area contributed by atoms with E-state index in [1.54, 1.807) is 7.11 Å². The lowest BCUT2D eigenvalue weighted by molar-refractivity contribution is -0.118. The number of carbonyl (C=O) groups is 1. The molecule has 1 amide bonds. The van der Waals surface area contributed by atoms with Gasteiger partial charge in [0.1, 0.15) is 0 Å². The Morgan fingerprint density at radius 3 is 2.55 bits per heavy atom. The van der Waals surface area contributed by atoms with Crippen molar-refractivity contribution in [2.75, 3.05) is 24.4 Å². The van der Waals surface area contributed by atoms with E-state index in [1.165, 1.54) is 0 Å². The summed E-state index contributed by atoms with van der Waals surface area (Å²) in [5, 5.41) is 6.27. The number of benzene rings is 3. The molecule has 3 aromatic carbocycles. The molecule has 0 heterocycles. The molecule has 0 aliphatic carbocycles. The maximum absolute atomic E-state index is 12.3. The molecule has 0 unspecified atom stereocenters. The summed E-state index contributed by atoms with van der Waals surface area (Å²) in [6, 6.07) is 17.6. The van der Waals surface area contributed by atoms with Gasteiger partial charge >= 0.3 is 0 Å². The Morgan fingerprint density at radius 2 is 1.84 bits per heavy atom. The minimum absolute atomic E-state index is 0.126. The van der Waals surface area contributed by atoms with Crippen LogP contribution in [-0.4, -0.2) is 19.6 Å². The lowest BCUT2D eigenvalue weighted by Gasteiger charge is -2.16. The molecule has 0 aliphatic rings. The molecule has 162 valence electrons. The van der Waals surface area contributed by atoms with Crippen LogP contribution >= 0.6 is 31.9 Å². The molecule has 0 fully saturated rings. The van der Waals surface area contributed by atoms with Crippen molar-refractivity contribution in [3.05, 3.63) is 80.2 Å². The van der Waals surface area contributed by atoms with E-state index in [0.29, 0.717) is 18.0 Å². The van der Waals surface area contributed by atoms with Crippen LogP contribution < -0.4 is 20.1 Å². The molecule has 3 rings (SSSR count). The molecule has 5 nitrogen and oxygen atoms in total. The molecule has 0 bridgehead atoms. The number of hydrogen-bond donors (Lipinski definition) is 2. The number of halogens is 2. The second-order valence-corrected chi connectivity index (χ2v) is 8.90. The number of anilines is 2. The number of nitrogens with one attached hydrogen (secondary N) is 2. The van der Waals surface area contributed by atoms with Gasteiger partial charge in [0.25, 0.3) is 5.91 Å². The van der Waals surface area contributed by atoms with Crippen molar-refractivity contribution in [3.8, 4) is 11.5 Å². The smallest absolute Gasteiger partial charge is 0.262 e. The highest BCUT2D eigenvalue weighted by atomic mass is 79.9. The van der Waals surface area contributed by atoms with Gasteiger partial charge in [0, 0.05) is 22.4 Å². The minimum Gasteiger partial charge on any atom is -0.493 e. The summed E-state index contributed by atoms with van der Waals surface area (Å²) >= 11 is 7.03. The van der Waals surface area contributed by atoms with E-state index in [2.05, 4.69) is 55.5 Å². The number of carbonyl (C=O) groups excluding carboxylic acids is 1. The molecule has 0 atom stereocenters. The van der Waals surface area contributed by atoms with Crippen molar-refractivity contribution in [1.29, 1.82) is 0 Å². The maximum atomic E-state index is 12.3. The van der Waals surface area contributed by atoms with Crippen LogP contribution in [0.2, 0.25) is 0 Å². The molecule has 0 saturated carbocycles. The van der Waals surface area contributed by atoms with E-state index in [9.17, 15) is 4.79 Å². The van der Waals surface area contributed by atoms with E-state index in [0.717, 1.165) is 37.0 Å². The SMILES string of the molecule is COc1cc(CNc2ccc(Br)cc2C)cc(Br)c1OCC(=O)Nc1cccc(C)c1. The maximum Gasteiger partial charge on any atom is 0.262 e. The quantitative estimate of drug-likeness (QED) is 0.339. The second-order valence-electron chi connectivity index (χ2n) is 7.13. The zero-order valence-electron chi connectivity index (χ0n) is 17.6. The molecule has 0 aromatic heterocycles. The summed E-state index contributed by atoms with van der Waals surface area (Å²) in [6.45, 7) is 4.52. The average molecular weight is 548 g/mol. The van der Waals surface area contributed by atoms with Gasteiger partial charge in [-0.25, -0.2) is 0 Å². The highest BCUT2D eigenvalue weighted by Crippen LogP contribution is 2.37. The van der Waals surface area contributed by atoms with E-state index in [-0.39, 0.29) is 12.5 Å². The standard InChI is InChI=1S/C24H24Br2N2O3/c1-15-5-4-6-19(9-15)28-23(29)14-31-24-20(26)11-17(12-22(24)30-3)13-27-21-8-7-18(25)10-16(21)2/h4-12,27H,13-14H2,1-3H3,(H,28,29). The number of hydrogen-bond acceptors (Lipinski definition) is 4. The van der Waals surface area contributed by atoms with Crippen LogP contribution in [0.5, 0.6) is 11.5 Å². The summed E-state index contributed by atoms with van der Waals surface area (Å²) < 4.78 is 13.0. The zero-order valence-corrected chi connectivity index (χ0v) is 20.8. The van der Waals surface area contributed by atoms with Crippen molar-refractivity contribution < 1.29 is 14.3 Å². The van der Waals surface area contributed by atoms with Crippen molar-refractivity contribution in [3.63, 3.8) is 0 Å². The first-order valence-corrected chi connectivity index (χ1v) is 11.3. The third-order valence-corrected chi connectivity index (χ3v) is 5.69. The zero-order chi connectivity index (χ0) is 22.4. The first kappa shape index (κ1) is 23.2. The fraction of sp³-hybridized carbons (Fsp3) is 0.208. The Balaban J connectivity index is 1.65. The summed E-state index contributed by atoms with van der Waals surface area (Å²) in [5.41, 5.74) is 5.05. The van der Waals surface area contributed by atoms with E-state index in [4.69, 9.17) is 9.47 Å². The first-order chi connectivity index (χ1) is 14.9. The van der Waals surface area contributed by atoms with E-state index in [1.807, 2.05) is 55.5 Å². The molecule has 3 aromatic rings. The molecule has 31 heavy (non-hydrogen) atoms. The molecular formula is C24H24Br2N2O3. The van der Waals surface area contributed by atoms with Crippen LogP contribution in [0.3, 0.4) is 0 Å². The largest absolute Gasteiger partial charge is 0.493 e. The van der Waals surface area contributed by atoms with Crippen molar-refractivity contribution in [2.24, 2.45) is 0 Å². The molecule has 0 saturated heterocycles. The van der Waals surface area contributed by atoms with Crippen LogP contribution in [0, 0.1) is 13.8 Å². The molecule has 2 N–H and O–H groups in total. The van der Waals surface area contributed by atoms with Gasteiger partial charge < -0.3 is 20.1 Å². The van der Waals surface area contributed by atoms with Crippen LogP contribution in [0.4, 0.5) is 11.4 Å². The Labute approximate surface area is 199 Å². The predicted octanol–water partition coefficient (Wildman–Crippen LogP) is 6.47. The lowest BCUT2D eigenvalue weighted by atomic mass is 10.1. The van der Waals surface area contributed by atoms with E-state index < -0.39 is 0 Å². The summed E-state index contributed by atoms with van der Waals surface area (Å²) in [5.74, 6) is 0.809. The number of aryl methyl sites for hydroxylation is 2. The van der Waals surface area contributed by atoms with Gasteiger partial charge in [-0.15, -0.1) is 0 Å². The van der Waals surface area contributed by atoms with Crippen molar-refractivity contribution >= 4 is 49.1 Å². The summed E-state index contributed by atoms with van der Waals surface area (Å²) in [4.78, 5) is 12.3.